The third-order valence-corrected chi connectivity index (χ3v) is 5.02. The largest absolute Gasteiger partial charge is 0.357 e. The molecule has 2 aromatic rings. The lowest BCUT2D eigenvalue weighted by atomic mass is 10.0. The number of nitrogens with one attached hydrogen (secondary N) is 1. The lowest BCUT2D eigenvalue weighted by Crippen LogP contribution is -2.44. The van der Waals surface area contributed by atoms with Crippen LogP contribution < -0.4 is 5.32 Å². The molecule has 7 heteroatoms. The van der Waals surface area contributed by atoms with Gasteiger partial charge in [0.05, 0.1) is 0 Å². The summed E-state index contributed by atoms with van der Waals surface area (Å²) in [7, 11) is 0. The van der Waals surface area contributed by atoms with E-state index >= 15 is 0 Å². The minimum atomic E-state index is 0. The van der Waals surface area contributed by atoms with E-state index in [4.69, 9.17) is 9.52 Å². The molecule has 30 heavy (non-hydrogen) atoms. The minimum absolute atomic E-state index is 0. The molecule has 1 aliphatic rings. The van der Waals surface area contributed by atoms with Gasteiger partial charge in [0.25, 0.3) is 0 Å². The van der Waals surface area contributed by atoms with Crippen LogP contribution in [0.3, 0.4) is 0 Å². The van der Waals surface area contributed by atoms with Gasteiger partial charge in [-0.1, -0.05) is 61.0 Å². The molecule has 0 saturated carbocycles. The molecule has 0 atom stereocenters. The second-order valence-corrected chi connectivity index (χ2v) is 7.74. The van der Waals surface area contributed by atoms with Gasteiger partial charge in [-0.05, 0) is 31.7 Å². The number of hydrogen-bond donors (Lipinski definition) is 1. The van der Waals surface area contributed by atoms with Crippen molar-refractivity contribution in [2.24, 2.45) is 4.99 Å². The minimum Gasteiger partial charge on any atom is -0.357 e. The summed E-state index contributed by atoms with van der Waals surface area (Å²) in [5.74, 6) is 2.80. The zero-order valence-electron chi connectivity index (χ0n) is 18.3. The molecule has 2 heterocycles. The Hall–Kier alpha value is -1.90. The van der Waals surface area contributed by atoms with E-state index in [0.29, 0.717) is 11.8 Å². The van der Waals surface area contributed by atoms with E-state index in [-0.39, 0.29) is 24.0 Å². The zero-order chi connectivity index (χ0) is 20.5. The molecule has 1 saturated heterocycles. The fourth-order valence-electron chi connectivity index (χ4n) is 3.38. The molecule has 0 spiro atoms. The number of piperidine rings is 1. The van der Waals surface area contributed by atoms with Crippen molar-refractivity contribution < 1.29 is 4.52 Å². The van der Waals surface area contributed by atoms with Crippen LogP contribution in [-0.2, 0) is 6.42 Å². The SMILES string of the molecule is CCNC(=NCCCc1nc(C(C)C)no1)N1CCC(=Cc2ccccc2)CC1.I. The molecule has 6 nitrogen and oxygen atoms in total. The first-order valence-corrected chi connectivity index (χ1v) is 10.8. The van der Waals surface area contributed by atoms with Crippen molar-refractivity contribution in [3.8, 4) is 0 Å². The fraction of sp³-hybridized carbons (Fsp3) is 0.522. The van der Waals surface area contributed by atoms with Crippen LogP contribution in [0.2, 0.25) is 0 Å². The van der Waals surface area contributed by atoms with Crippen molar-refractivity contribution >= 4 is 36.0 Å². The molecule has 0 bridgehead atoms. The number of benzene rings is 1. The smallest absolute Gasteiger partial charge is 0.226 e. The van der Waals surface area contributed by atoms with Crippen LogP contribution in [0.4, 0.5) is 0 Å². The molecule has 1 aromatic carbocycles. The van der Waals surface area contributed by atoms with E-state index in [9.17, 15) is 0 Å². The van der Waals surface area contributed by atoms with Crippen molar-refractivity contribution in [2.75, 3.05) is 26.2 Å². The number of likely N-dealkylation sites (tertiary alicyclic amines) is 1. The number of hydrogen-bond acceptors (Lipinski definition) is 4. The Morgan fingerprint density at radius 3 is 2.60 bits per heavy atom. The van der Waals surface area contributed by atoms with Gasteiger partial charge in [0.15, 0.2) is 11.8 Å². The van der Waals surface area contributed by atoms with Gasteiger partial charge in [-0.2, -0.15) is 4.98 Å². The quantitative estimate of drug-likeness (QED) is 0.242. The summed E-state index contributed by atoms with van der Waals surface area (Å²) >= 11 is 0. The summed E-state index contributed by atoms with van der Waals surface area (Å²) < 4.78 is 5.32. The van der Waals surface area contributed by atoms with Crippen LogP contribution in [0.15, 0.2) is 45.4 Å². The highest BCUT2D eigenvalue weighted by Gasteiger charge is 2.17. The zero-order valence-corrected chi connectivity index (χ0v) is 20.6. The lowest BCUT2D eigenvalue weighted by Gasteiger charge is -2.31. The van der Waals surface area contributed by atoms with Crippen molar-refractivity contribution in [3.05, 3.63) is 53.2 Å². The average Bonchev–Trinajstić information content (AvgIpc) is 3.21. The van der Waals surface area contributed by atoms with Gasteiger partial charge in [0.2, 0.25) is 5.89 Å². The number of guanidine groups is 1. The highest BCUT2D eigenvalue weighted by molar-refractivity contribution is 14.0. The van der Waals surface area contributed by atoms with Crippen molar-refractivity contribution in [3.63, 3.8) is 0 Å². The van der Waals surface area contributed by atoms with Gasteiger partial charge in [0, 0.05) is 38.5 Å². The Labute approximate surface area is 197 Å². The van der Waals surface area contributed by atoms with Crippen LogP contribution in [0.25, 0.3) is 6.08 Å². The van der Waals surface area contributed by atoms with E-state index in [1.807, 2.05) is 0 Å². The van der Waals surface area contributed by atoms with Gasteiger partial charge >= 0.3 is 0 Å². The van der Waals surface area contributed by atoms with Crippen LogP contribution in [-0.4, -0.2) is 47.2 Å². The maximum Gasteiger partial charge on any atom is 0.226 e. The van der Waals surface area contributed by atoms with Crippen LogP contribution in [0.5, 0.6) is 0 Å². The lowest BCUT2D eigenvalue weighted by molar-refractivity contribution is 0.367. The van der Waals surface area contributed by atoms with Gasteiger partial charge in [-0.15, -0.1) is 24.0 Å². The predicted octanol–water partition coefficient (Wildman–Crippen LogP) is 4.89. The highest BCUT2D eigenvalue weighted by atomic mass is 127. The first kappa shape index (κ1) is 24.4. The molecule has 1 fully saturated rings. The van der Waals surface area contributed by atoms with Gasteiger partial charge in [-0.25, -0.2) is 0 Å². The van der Waals surface area contributed by atoms with Crippen molar-refractivity contribution in [1.29, 1.82) is 0 Å². The molecule has 1 aliphatic heterocycles. The summed E-state index contributed by atoms with van der Waals surface area (Å²) in [6.07, 6.45) is 6.17. The summed E-state index contributed by atoms with van der Waals surface area (Å²) in [5.41, 5.74) is 2.80. The Balaban J connectivity index is 0.00000320. The topological polar surface area (TPSA) is 66.5 Å². The van der Waals surface area contributed by atoms with Gasteiger partial charge < -0.3 is 14.7 Å². The third-order valence-electron chi connectivity index (χ3n) is 5.02. The van der Waals surface area contributed by atoms with E-state index in [1.165, 1.54) is 11.1 Å². The number of nitrogens with zero attached hydrogens (tertiary/aromatic N) is 4. The Morgan fingerprint density at radius 1 is 1.23 bits per heavy atom. The van der Waals surface area contributed by atoms with Gasteiger partial charge in [-0.3, -0.25) is 4.99 Å². The summed E-state index contributed by atoms with van der Waals surface area (Å²) in [5, 5.41) is 7.46. The molecule has 0 radical (unpaired) electrons. The molecule has 0 amide bonds. The maximum absolute atomic E-state index is 5.32. The molecule has 164 valence electrons. The average molecular weight is 523 g/mol. The second kappa shape index (κ2) is 12.7. The molecular formula is C23H34IN5O. The normalized spacial score (nSPS) is 14.6. The number of aromatic nitrogens is 2. The summed E-state index contributed by atoms with van der Waals surface area (Å²) in [6, 6.07) is 10.6. The van der Waals surface area contributed by atoms with Gasteiger partial charge in [0.1, 0.15) is 0 Å². The molecular weight excluding hydrogens is 489 g/mol. The maximum atomic E-state index is 5.32. The number of rotatable bonds is 7. The number of aliphatic imine (C=N–C) groups is 1. The number of aryl methyl sites for hydroxylation is 1. The Kier molecular flexibility index (Phi) is 10.3. The van der Waals surface area contributed by atoms with Crippen LogP contribution in [0.1, 0.15) is 63.2 Å². The predicted molar refractivity (Wildman–Crippen MR) is 133 cm³/mol. The molecule has 1 N–H and O–H groups in total. The molecule has 0 aliphatic carbocycles. The van der Waals surface area contributed by atoms with E-state index < -0.39 is 0 Å². The van der Waals surface area contributed by atoms with Crippen LogP contribution >= 0.6 is 24.0 Å². The molecule has 1 aromatic heterocycles. The molecule has 3 rings (SSSR count). The first-order valence-electron chi connectivity index (χ1n) is 10.8. The second-order valence-electron chi connectivity index (χ2n) is 7.74. The summed E-state index contributed by atoms with van der Waals surface area (Å²) in [6.45, 7) is 9.90. The van der Waals surface area contributed by atoms with Crippen molar-refractivity contribution in [2.45, 2.75) is 52.4 Å². The third kappa shape index (κ3) is 7.41. The summed E-state index contributed by atoms with van der Waals surface area (Å²) in [4.78, 5) is 11.6. The first-order chi connectivity index (χ1) is 14.2. The van der Waals surface area contributed by atoms with Crippen molar-refractivity contribution in [1.82, 2.24) is 20.4 Å². The highest BCUT2D eigenvalue weighted by Crippen LogP contribution is 2.19. The standard InChI is InChI=1S/C23H33N5O.HI/c1-4-24-23(25-14-8-11-21-26-22(18(2)3)27-29-21)28-15-12-20(13-16-28)17-19-9-6-5-7-10-19;/h5-7,9-10,17-18H,4,8,11-16H2,1-3H3,(H,24,25);1H. The van der Waals surface area contributed by atoms with Crippen LogP contribution in [0, 0.1) is 0 Å². The monoisotopic (exact) mass is 523 g/mol. The van der Waals surface area contributed by atoms with E-state index in [0.717, 1.165) is 63.6 Å². The van der Waals surface area contributed by atoms with E-state index in [1.54, 1.807) is 0 Å². The van der Waals surface area contributed by atoms with E-state index in [2.05, 4.69) is 77.5 Å². The Bertz CT molecular complexity index is 806. The number of halogens is 1. The molecule has 0 unspecified atom stereocenters. The Morgan fingerprint density at radius 2 is 1.97 bits per heavy atom. The fourth-order valence-corrected chi connectivity index (χ4v) is 3.38.